The Morgan fingerprint density at radius 1 is 1.39 bits per heavy atom. The topological polar surface area (TPSA) is 17.8 Å². The average Bonchev–Trinajstić information content (AvgIpc) is 2.75. The van der Waals surface area contributed by atoms with Crippen LogP contribution in [0, 0.1) is 5.41 Å². The van der Waals surface area contributed by atoms with Gasteiger partial charge in [-0.25, -0.2) is 0 Å². The number of hydrogen-bond donors (Lipinski definition) is 0. The molecular weight excluding hydrogens is 288 g/mol. The highest BCUT2D eigenvalue weighted by molar-refractivity contribution is 9.09. The first-order valence-corrected chi connectivity index (χ1v) is 7.94. The smallest absolute Gasteiger partial charge is 0.0624 e. The summed E-state index contributed by atoms with van der Waals surface area (Å²) in [5, 5.41) is 4.64. The number of rotatable bonds is 6. The van der Waals surface area contributed by atoms with E-state index in [4.69, 9.17) is 0 Å². The van der Waals surface area contributed by atoms with E-state index in [1.54, 1.807) is 0 Å². The van der Waals surface area contributed by atoms with Crippen LogP contribution in [0.5, 0.6) is 0 Å². The maximum absolute atomic E-state index is 4.64. The van der Waals surface area contributed by atoms with Crippen molar-refractivity contribution in [1.29, 1.82) is 0 Å². The SMILES string of the molecule is CCC(C)n1ccc(CCCC(Br)C(C)(C)C)n1. The zero-order valence-electron chi connectivity index (χ0n) is 12.4. The van der Waals surface area contributed by atoms with Gasteiger partial charge in [-0.05, 0) is 44.1 Å². The Labute approximate surface area is 120 Å². The molecule has 1 rings (SSSR count). The summed E-state index contributed by atoms with van der Waals surface area (Å²) in [6.07, 6.45) is 6.74. The molecule has 18 heavy (non-hydrogen) atoms. The van der Waals surface area contributed by atoms with Crippen LogP contribution in [-0.4, -0.2) is 14.6 Å². The molecule has 104 valence electrons. The summed E-state index contributed by atoms with van der Waals surface area (Å²) >= 11 is 3.79. The lowest BCUT2D eigenvalue weighted by molar-refractivity contribution is 0.379. The van der Waals surface area contributed by atoms with Crippen LogP contribution < -0.4 is 0 Å². The molecule has 1 heterocycles. The van der Waals surface area contributed by atoms with E-state index >= 15 is 0 Å². The van der Waals surface area contributed by atoms with E-state index < -0.39 is 0 Å². The lowest BCUT2D eigenvalue weighted by atomic mass is 9.89. The van der Waals surface area contributed by atoms with Gasteiger partial charge < -0.3 is 0 Å². The molecule has 0 fully saturated rings. The van der Waals surface area contributed by atoms with Crippen LogP contribution in [0.4, 0.5) is 0 Å². The van der Waals surface area contributed by atoms with Crippen molar-refractivity contribution in [2.45, 2.75) is 71.2 Å². The van der Waals surface area contributed by atoms with Crippen LogP contribution in [0.25, 0.3) is 0 Å². The molecule has 2 atom stereocenters. The van der Waals surface area contributed by atoms with Crippen molar-refractivity contribution in [3.05, 3.63) is 18.0 Å². The molecule has 2 unspecified atom stereocenters. The van der Waals surface area contributed by atoms with E-state index in [1.165, 1.54) is 18.5 Å². The fourth-order valence-electron chi connectivity index (χ4n) is 1.84. The summed E-state index contributed by atoms with van der Waals surface area (Å²) in [6, 6.07) is 2.67. The maximum atomic E-state index is 4.64. The van der Waals surface area contributed by atoms with Crippen molar-refractivity contribution >= 4 is 15.9 Å². The summed E-state index contributed by atoms with van der Waals surface area (Å²) in [6.45, 7) is 11.3. The maximum Gasteiger partial charge on any atom is 0.0624 e. The van der Waals surface area contributed by atoms with Gasteiger partial charge in [0.15, 0.2) is 0 Å². The molecule has 3 heteroatoms. The third-order valence-corrected chi connectivity index (χ3v) is 5.37. The monoisotopic (exact) mass is 314 g/mol. The normalized spacial score (nSPS) is 15.7. The molecule has 0 saturated carbocycles. The summed E-state index contributed by atoms with van der Waals surface area (Å²) in [5.74, 6) is 0. The minimum absolute atomic E-state index is 0.343. The summed E-state index contributed by atoms with van der Waals surface area (Å²) in [4.78, 5) is 0.585. The van der Waals surface area contributed by atoms with Gasteiger partial charge in [0.1, 0.15) is 0 Å². The quantitative estimate of drug-likeness (QED) is 0.677. The van der Waals surface area contributed by atoms with Crippen molar-refractivity contribution in [3.63, 3.8) is 0 Å². The number of alkyl halides is 1. The second-order valence-electron chi connectivity index (χ2n) is 6.27. The van der Waals surface area contributed by atoms with Crippen LogP contribution in [-0.2, 0) is 6.42 Å². The first-order chi connectivity index (χ1) is 8.34. The molecule has 0 aliphatic rings. The Morgan fingerprint density at radius 3 is 2.61 bits per heavy atom. The molecule has 0 spiro atoms. The van der Waals surface area contributed by atoms with Crippen LogP contribution in [0.2, 0.25) is 0 Å². The van der Waals surface area contributed by atoms with E-state index in [9.17, 15) is 0 Å². The van der Waals surface area contributed by atoms with Crippen molar-refractivity contribution < 1.29 is 0 Å². The Morgan fingerprint density at radius 2 is 2.06 bits per heavy atom. The standard InChI is InChI=1S/C15H27BrN2/c1-6-12(2)18-11-10-13(17-18)8-7-9-14(16)15(3,4)5/h10-12,14H,6-9H2,1-5H3. The van der Waals surface area contributed by atoms with Gasteiger partial charge in [0.2, 0.25) is 0 Å². The van der Waals surface area contributed by atoms with Gasteiger partial charge in [-0.15, -0.1) is 0 Å². The number of aromatic nitrogens is 2. The third kappa shape index (κ3) is 4.75. The summed E-state index contributed by atoms with van der Waals surface area (Å²) in [5.41, 5.74) is 1.57. The molecule has 0 saturated heterocycles. The van der Waals surface area contributed by atoms with Crippen LogP contribution >= 0.6 is 15.9 Å². The average molecular weight is 315 g/mol. The highest BCUT2D eigenvalue weighted by Crippen LogP contribution is 2.29. The predicted octanol–water partition coefficient (Wildman–Crippen LogP) is 4.99. The number of aryl methyl sites for hydroxylation is 1. The number of halogens is 1. The summed E-state index contributed by atoms with van der Waals surface area (Å²) < 4.78 is 2.09. The van der Waals surface area contributed by atoms with E-state index in [-0.39, 0.29) is 0 Å². The summed E-state index contributed by atoms with van der Waals surface area (Å²) in [7, 11) is 0. The van der Waals surface area contributed by atoms with E-state index in [0.29, 0.717) is 16.3 Å². The van der Waals surface area contributed by atoms with Gasteiger partial charge in [0.05, 0.1) is 5.69 Å². The zero-order valence-corrected chi connectivity index (χ0v) is 14.0. The van der Waals surface area contributed by atoms with E-state index in [0.717, 1.165) is 12.8 Å². The van der Waals surface area contributed by atoms with Gasteiger partial charge >= 0.3 is 0 Å². The molecule has 0 aliphatic carbocycles. The van der Waals surface area contributed by atoms with Crippen LogP contribution in [0.3, 0.4) is 0 Å². The van der Waals surface area contributed by atoms with Crippen LogP contribution in [0.15, 0.2) is 12.3 Å². The second-order valence-corrected chi connectivity index (χ2v) is 7.38. The molecule has 0 amide bonds. The molecular formula is C15H27BrN2. The predicted molar refractivity (Wildman–Crippen MR) is 82.3 cm³/mol. The second kappa shape index (κ2) is 6.74. The zero-order chi connectivity index (χ0) is 13.8. The highest BCUT2D eigenvalue weighted by atomic mass is 79.9. The van der Waals surface area contributed by atoms with Crippen molar-refractivity contribution in [1.82, 2.24) is 9.78 Å². The lowest BCUT2D eigenvalue weighted by Gasteiger charge is -2.25. The molecule has 0 bridgehead atoms. The molecule has 2 nitrogen and oxygen atoms in total. The fraction of sp³-hybridized carbons (Fsp3) is 0.800. The Kier molecular flexibility index (Phi) is 5.90. The van der Waals surface area contributed by atoms with Gasteiger partial charge in [0, 0.05) is 17.1 Å². The van der Waals surface area contributed by atoms with E-state index in [1.807, 2.05) is 0 Å². The Balaban J connectivity index is 2.38. The van der Waals surface area contributed by atoms with Gasteiger partial charge in [-0.3, -0.25) is 4.68 Å². The third-order valence-electron chi connectivity index (χ3n) is 3.54. The largest absolute Gasteiger partial charge is 0.270 e. The minimum Gasteiger partial charge on any atom is -0.270 e. The highest BCUT2D eigenvalue weighted by Gasteiger charge is 2.21. The molecule has 1 aromatic rings. The number of nitrogens with zero attached hydrogens (tertiary/aromatic N) is 2. The molecule has 0 radical (unpaired) electrons. The van der Waals surface area contributed by atoms with Crippen molar-refractivity contribution in [2.75, 3.05) is 0 Å². The van der Waals surface area contributed by atoms with Gasteiger partial charge in [-0.2, -0.15) is 5.10 Å². The first kappa shape index (κ1) is 15.7. The Bertz CT molecular complexity index is 352. The fourth-order valence-corrected chi connectivity index (χ4v) is 2.16. The molecule has 0 N–H and O–H groups in total. The first-order valence-electron chi connectivity index (χ1n) is 7.02. The molecule has 1 aromatic heterocycles. The van der Waals surface area contributed by atoms with Crippen molar-refractivity contribution in [2.24, 2.45) is 5.41 Å². The van der Waals surface area contributed by atoms with Gasteiger partial charge in [0.25, 0.3) is 0 Å². The molecule has 0 aliphatic heterocycles. The minimum atomic E-state index is 0.343. The lowest BCUT2D eigenvalue weighted by Crippen LogP contribution is -2.20. The molecule has 0 aromatic carbocycles. The number of hydrogen-bond acceptors (Lipinski definition) is 1. The Hall–Kier alpha value is -0.310. The van der Waals surface area contributed by atoms with Crippen molar-refractivity contribution in [3.8, 4) is 0 Å². The van der Waals surface area contributed by atoms with Crippen LogP contribution in [0.1, 0.15) is 65.6 Å². The van der Waals surface area contributed by atoms with E-state index in [2.05, 4.69) is 72.6 Å². The van der Waals surface area contributed by atoms with Gasteiger partial charge in [-0.1, -0.05) is 43.6 Å².